The van der Waals surface area contributed by atoms with E-state index in [-0.39, 0.29) is 17.5 Å². The molecular formula is C22H25NO6. The molecule has 0 aliphatic carbocycles. The molecule has 1 amide bonds. The second-order valence-corrected chi connectivity index (χ2v) is 6.70. The Bertz CT molecular complexity index is 889. The van der Waals surface area contributed by atoms with Gasteiger partial charge in [0.05, 0.1) is 18.8 Å². The van der Waals surface area contributed by atoms with Gasteiger partial charge in [-0.15, -0.1) is 0 Å². The Kier molecular flexibility index (Phi) is 7.36. The van der Waals surface area contributed by atoms with Crippen molar-refractivity contribution in [3.8, 4) is 11.5 Å². The number of hydrogen-bond donors (Lipinski definition) is 1. The van der Waals surface area contributed by atoms with Gasteiger partial charge in [-0.2, -0.15) is 0 Å². The normalized spacial score (nSPS) is 11.5. The fraction of sp³-hybridized carbons (Fsp3) is 0.318. The summed E-state index contributed by atoms with van der Waals surface area (Å²) in [6.07, 6.45) is -1.07. The van der Waals surface area contributed by atoms with Gasteiger partial charge in [-0.1, -0.05) is 0 Å². The first kappa shape index (κ1) is 21.9. The average Bonchev–Trinajstić information content (AvgIpc) is 2.68. The summed E-state index contributed by atoms with van der Waals surface area (Å²) in [4.78, 5) is 36.0. The second kappa shape index (κ2) is 9.73. The number of carbonyl (C=O) groups is 3. The van der Waals surface area contributed by atoms with Crippen molar-refractivity contribution in [3.63, 3.8) is 0 Å². The zero-order valence-corrected chi connectivity index (χ0v) is 17.1. The zero-order valence-electron chi connectivity index (χ0n) is 17.1. The predicted molar refractivity (Wildman–Crippen MR) is 109 cm³/mol. The molecule has 0 saturated heterocycles. The highest BCUT2D eigenvalue weighted by atomic mass is 16.5. The Hall–Kier alpha value is -3.35. The van der Waals surface area contributed by atoms with Crippen LogP contribution in [0.25, 0.3) is 0 Å². The monoisotopic (exact) mass is 399 g/mol. The first-order valence-electron chi connectivity index (χ1n) is 9.18. The molecule has 0 aliphatic rings. The van der Waals surface area contributed by atoms with E-state index in [9.17, 15) is 14.4 Å². The Morgan fingerprint density at radius 3 is 2.07 bits per heavy atom. The minimum atomic E-state index is -1.02. The quantitative estimate of drug-likeness (QED) is 0.535. The van der Waals surface area contributed by atoms with E-state index in [2.05, 4.69) is 5.32 Å². The van der Waals surface area contributed by atoms with E-state index in [1.54, 1.807) is 36.4 Å². The standard InChI is InChI=1S/C22H25NO6/c1-13(2)28-19-11-8-17(12-20(19)27-5)22(26)29-15(4)21(25)23-18-9-6-16(7-10-18)14(3)24/h6-13,15H,1-5H3,(H,23,25). The molecular weight excluding hydrogens is 374 g/mol. The lowest BCUT2D eigenvalue weighted by Crippen LogP contribution is -2.30. The number of amides is 1. The minimum Gasteiger partial charge on any atom is -0.493 e. The summed E-state index contributed by atoms with van der Waals surface area (Å²) < 4.78 is 16.1. The van der Waals surface area contributed by atoms with Gasteiger partial charge in [-0.05, 0) is 70.2 Å². The second-order valence-electron chi connectivity index (χ2n) is 6.70. The van der Waals surface area contributed by atoms with Crippen LogP contribution in [0.3, 0.4) is 0 Å². The average molecular weight is 399 g/mol. The topological polar surface area (TPSA) is 90.9 Å². The van der Waals surface area contributed by atoms with Crippen molar-refractivity contribution in [2.75, 3.05) is 12.4 Å². The van der Waals surface area contributed by atoms with Crippen molar-refractivity contribution in [2.45, 2.75) is 39.9 Å². The summed E-state index contributed by atoms with van der Waals surface area (Å²) in [5.74, 6) is -0.297. The van der Waals surface area contributed by atoms with Crippen LogP contribution in [0.2, 0.25) is 0 Å². The Morgan fingerprint density at radius 1 is 0.897 bits per heavy atom. The van der Waals surface area contributed by atoms with Crippen LogP contribution in [0, 0.1) is 0 Å². The molecule has 2 aromatic carbocycles. The van der Waals surface area contributed by atoms with Crippen LogP contribution in [0.4, 0.5) is 5.69 Å². The van der Waals surface area contributed by atoms with Crippen LogP contribution in [0.5, 0.6) is 11.5 Å². The molecule has 0 saturated carbocycles. The molecule has 0 bridgehead atoms. The molecule has 29 heavy (non-hydrogen) atoms. The van der Waals surface area contributed by atoms with Crippen molar-refractivity contribution < 1.29 is 28.6 Å². The summed E-state index contributed by atoms with van der Waals surface area (Å²) in [6, 6.07) is 11.1. The van der Waals surface area contributed by atoms with Crippen LogP contribution >= 0.6 is 0 Å². The van der Waals surface area contributed by atoms with E-state index >= 15 is 0 Å². The molecule has 0 spiro atoms. The Morgan fingerprint density at radius 2 is 1.52 bits per heavy atom. The molecule has 0 radical (unpaired) electrons. The third kappa shape index (κ3) is 6.07. The maximum absolute atomic E-state index is 12.4. The lowest BCUT2D eigenvalue weighted by molar-refractivity contribution is -0.123. The molecule has 1 N–H and O–H groups in total. The molecule has 1 atom stereocenters. The van der Waals surface area contributed by atoms with Crippen molar-refractivity contribution in [1.82, 2.24) is 0 Å². The van der Waals surface area contributed by atoms with Crippen molar-refractivity contribution in [1.29, 1.82) is 0 Å². The molecule has 2 aromatic rings. The largest absolute Gasteiger partial charge is 0.493 e. The number of Topliss-reactive ketones (excluding diaryl/α,β-unsaturated/α-hetero) is 1. The van der Waals surface area contributed by atoms with E-state index in [1.165, 1.54) is 27.0 Å². The molecule has 154 valence electrons. The number of carbonyl (C=O) groups excluding carboxylic acids is 3. The zero-order chi connectivity index (χ0) is 21.6. The number of methoxy groups -OCH3 is 1. The summed E-state index contributed by atoms with van der Waals surface area (Å²) in [5.41, 5.74) is 1.28. The molecule has 7 heteroatoms. The summed E-state index contributed by atoms with van der Waals surface area (Å²) in [7, 11) is 1.48. The SMILES string of the molecule is COc1cc(C(=O)OC(C)C(=O)Nc2ccc(C(C)=O)cc2)ccc1OC(C)C. The maximum Gasteiger partial charge on any atom is 0.339 e. The summed E-state index contributed by atoms with van der Waals surface area (Å²) in [5, 5.41) is 2.65. The third-order valence-corrected chi connectivity index (χ3v) is 3.97. The minimum absolute atomic E-state index is 0.0464. The Labute approximate surface area is 170 Å². The number of ether oxygens (including phenoxy) is 3. The highest BCUT2D eigenvalue weighted by molar-refractivity contribution is 5.98. The highest BCUT2D eigenvalue weighted by Gasteiger charge is 2.20. The first-order valence-corrected chi connectivity index (χ1v) is 9.18. The van der Waals surface area contributed by atoms with E-state index in [1.807, 2.05) is 13.8 Å². The van der Waals surface area contributed by atoms with Gasteiger partial charge < -0.3 is 19.5 Å². The summed E-state index contributed by atoms with van der Waals surface area (Å²) >= 11 is 0. The Balaban J connectivity index is 2.02. The fourth-order valence-electron chi connectivity index (χ4n) is 2.46. The maximum atomic E-state index is 12.4. The van der Waals surface area contributed by atoms with E-state index in [0.717, 1.165) is 0 Å². The van der Waals surface area contributed by atoms with Crippen LogP contribution in [0.1, 0.15) is 48.4 Å². The van der Waals surface area contributed by atoms with Crippen LogP contribution in [-0.4, -0.2) is 37.0 Å². The highest BCUT2D eigenvalue weighted by Crippen LogP contribution is 2.29. The van der Waals surface area contributed by atoms with E-state index in [4.69, 9.17) is 14.2 Å². The molecule has 2 rings (SSSR count). The van der Waals surface area contributed by atoms with Gasteiger partial charge in [0, 0.05) is 11.3 Å². The number of nitrogens with one attached hydrogen (secondary N) is 1. The van der Waals surface area contributed by atoms with Gasteiger partial charge >= 0.3 is 5.97 Å². The van der Waals surface area contributed by atoms with Crippen molar-refractivity contribution >= 4 is 23.3 Å². The van der Waals surface area contributed by atoms with E-state index < -0.39 is 18.0 Å². The van der Waals surface area contributed by atoms with Gasteiger partial charge in [-0.25, -0.2) is 4.79 Å². The number of anilines is 1. The molecule has 0 fully saturated rings. The summed E-state index contributed by atoms with van der Waals surface area (Å²) in [6.45, 7) is 6.71. The molecule has 0 aliphatic heterocycles. The molecule has 0 heterocycles. The fourth-order valence-corrected chi connectivity index (χ4v) is 2.46. The van der Waals surface area contributed by atoms with Crippen LogP contribution < -0.4 is 14.8 Å². The lowest BCUT2D eigenvalue weighted by Gasteiger charge is -2.16. The molecule has 7 nitrogen and oxygen atoms in total. The number of ketones is 1. The van der Waals surface area contributed by atoms with Gasteiger partial charge in [0.1, 0.15) is 0 Å². The number of benzene rings is 2. The third-order valence-electron chi connectivity index (χ3n) is 3.97. The van der Waals surface area contributed by atoms with Crippen LogP contribution in [-0.2, 0) is 9.53 Å². The molecule has 1 unspecified atom stereocenters. The number of hydrogen-bond acceptors (Lipinski definition) is 6. The van der Waals surface area contributed by atoms with Gasteiger partial charge in [0.25, 0.3) is 5.91 Å². The van der Waals surface area contributed by atoms with Gasteiger partial charge in [-0.3, -0.25) is 9.59 Å². The van der Waals surface area contributed by atoms with Crippen LogP contribution in [0.15, 0.2) is 42.5 Å². The van der Waals surface area contributed by atoms with Gasteiger partial charge in [0.15, 0.2) is 23.4 Å². The van der Waals surface area contributed by atoms with E-state index in [0.29, 0.717) is 22.7 Å². The number of rotatable bonds is 8. The molecule has 0 aromatic heterocycles. The predicted octanol–water partition coefficient (Wildman–Crippen LogP) is 3.87. The van der Waals surface area contributed by atoms with Crippen molar-refractivity contribution in [3.05, 3.63) is 53.6 Å². The smallest absolute Gasteiger partial charge is 0.339 e. The van der Waals surface area contributed by atoms with Gasteiger partial charge in [0.2, 0.25) is 0 Å². The first-order chi connectivity index (χ1) is 13.7. The van der Waals surface area contributed by atoms with Crippen molar-refractivity contribution in [2.24, 2.45) is 0 Å². The lowest BCUT2D eigenvalue weighted by atomic mass is 10.1. The number of esters is 1.